The summed E-state index contributed by atoms with van der Waals surface area (Å²) in [5, 5.41) is 0. The molecule has 0 aliphatic heterocycles. The van der Waals surface area contributed by atoms with Crippen LogP contribution in [0.15, 0.2) is 0 Å². The first-order valence-corrected chi connectivity index (χ1v) is 3.18. The minimum atomic E-state index is 0.852. The maximum absolute atomic E-state index is 3.58. The van der Waals surface area contributed by atoms with Gasteiger partial charge in [-0.05, 0) is 0 Å². The SMILES string of the molecule is [Si]C1CCCC1. The predicted octanol–water partition coefficient (Wildman–Crippen LogP) is 1.52. The van der Waals surface area contributed by atoms with E-state index in [1.165, 1.54) is 25.7 Å². The highest BCUT2D eigenvalue weighted by Gasteiger charge is 2.07. The van der Waals surface area contributed by atoms with Gasteiger partial charge in [0.2, 0.25) is 0 Å². The highest BCUT2D eigenvalue weighted by atomic mass is 28.1. The summed E-state index contributed by atoms with van der Waals surface area (Å²) in [5.41, 5.74) is 0.852. The van der Waals surface area contributed by atoms with E-state index in [1.807, 2.05) is 0 Å². The van der Waals surface area contributed by atoms with E-state index in [0.717, 1.165) is 5.54 Å². The zero-order chi connectivity index (χ0) is 4.41. The van der Waals surface area contributed by atoms with Crippen LogP contribution in [-0.2, 0) is 0 Å². The molecular weight excluding hydrogens is 88.1 g/mol. The summed E-state index contributed by atoms with van der Waals surface area (Å²) in [4.78, 5) is 0. The average molecular weight is 97.2 g/mol. The minimum Gasteiger partial charge on any atom is -0.0535 e. The molecule has 33 valence electrons. The van der Waals surface area contributed by atoms with E-state index in [4.69, 9.17) is 0 Å². The van der Waals surface area contributed by atoms with Gasteiger partial charge in [-0.25, -0.2) is 0 Å². The molecule has 0 spiro atoms. The fraction of sp³-hybridized carbons (Fsp3) is 1.00. The Morgan fingerprint density at radius 2 is 1.67 bits per heavy atom. The van der Waals surface area contributed by atoms with Crippen molar-refractivity contribution in [1.82, 2.24) is 0 Å². The van der Waals surface area contributed by atoms with Crippen LogP contribution in [0.2, 0.25) is 5.54 Å². The molecule has 3 radical (unpaired) electrons. The van der Waals surface area contributed by atoms with E-state index in [0.29, 0.717) is 0 Å². The van der Waals surface area contributed by atoms with Gasteiger partial charge in [-0.2, -0.15) is 0 Å². The minimum absolute atomic E-state index is 0.852. The van der Waals surface area contributed by atoms with E-state index in [9.17, 15) is 0 Å². The summed E-state index contributed by atoms with van der Waals surface area (Å²) in [6.45, 7) is 0. The molecule has 1 heteroatoms. The van der Waals surface area contributed by atoms with Crippen LogP contribution < -0.4 is 0 Å². The molecule has 0 unspecified atom stereocenters. The lowest BCUT2D eigenvalue weighted by Gasteiger charge is -1.90. The Hall–Kier alpha value is 0.217. The van der Waals surface area contributed by atoms with Gasteiger partial charge in [-0.3, -0.25) is 0 Å². The summed E-state index contributed by atoms with van der Waals surface area (Å²) in [5.74, 6) is 0. The Bertz CT molecular complexity index is 37.2. The van der Waals surface area contributed by atoms with Gasteiger partial charge < -0.3 is 0 Å². The second-order valence-corrected chi connectivity index (χ2v) is 2.80. The van der Waals surface area contributed by atoms with Gasteiger partial charge in [0.15, 0.2) is 0 Å². The quantitative estimate of drug-likeness (QED) is 0.402. The lowest BCUT2D eigenvalue weighted by Crippen LogP contribution is -1.77. The molecule has 0 atom stereocenters. The van der Waals surface area contributed by atoms with Crippen molar-refractivity contribution in [2.24, 2.45) is 0 Å². The lowest BCUT2D eigenvalue weighted by molar-refractivity contribution is 0.880. The van der Waals surface area contributed by atoms with E-state index in [2.05, 4.69) is 10.2 Å². The molecule has 1 saturated carbocycles. The molecule has 1 aliphatic rings. The topological polar surface area (TPSA) is 0 Å². The third-order valence-electron chi connectivity index (χ3n) is 1.36. The van der Waals surface area contributed by atoms with Gasteiger partial charge in [0.1, 0.15) is 0 Å². The van der Waals surface area contributed by atoms with Crippen LogP contribution in [0.5, 0.6) is 0 Å². The normalized spacial score (nSPS) is 25.5. The van der Waals surface area contributed by atoms with Crippen LogP contribution in [0.4, 0.5) is 0 Å². The third kappa shape index (κ3) is 0.838. The average Bonchev–Trinajstić information content (AvgIpc) is 1.86. The number of rotatable bonds is 0. The highest BCUT2D eigenvalue weighted by Crippen LogP contribution is 2.26. The van der Waals surface area contributed by atoms with Crippen LogP contribution in [0, 0.1) is 0 Å². The van der Waals surface area contributed by atoms with Gasteiger partial charge in [-0.1, -0.05) is 31.2 Å². The Morgan fingerprint density at radius 1 is 1.17 bits per heavy atom. The molecule has 0 aromatic rings. The van der Waals surface area contributed by atoms with E-state index >= 15 is 0 Å². The van der Waals surface area contributed by atoms with Crippen LogP contribution in [0.25, 0.3) is 0 Å². The maximum atomic E-state index is 3.58. The van der Waals surface area contributed by atoms with Crippen molar-refractivity contribution in [3.05, 3.63) is 0 Å². The first kappa shape index (κ1) is 4.38. The molecule has 0 amide bonds. The van der Waals surface area contributed by atoms with Gasteiger partial charge >= 0.3 is 0 Å². The summed E-state index contributed by atoms with van der Waals surface area (Å²) in [6.07, 6.45) is 5.68. The first-order valence-electron chi connectivity index (χ1n) is 2.61. The van der Waals surface area contributed by atoms with Gasteiger partial charge in [-0.15, -0.1) is 0 Å². The molecule has 1 aliphatic carbocycles. The number of hydrogen-bond donors (Lipinski definition) is 0. The highest BCUT2D eigenvalue weighted by molar-refractivity contribution is 6.11. The molecule has 1 fully saturated rings. The zero-order valence-corrected chi connectivity index (χ0v) is 4.91. The second-order valence-electron chi connectivity index (χ2n) is 1.98. The third-order valence-corrected chi connectivity index (χ3v) is 1.93. The fourth-order valence-corrected chi connectivity index (χ4v) is 1.33. The Balaban J connectivity index is 2.18. The molecule has 0 bridgehead atoms. The maximum Gasteiger partial charge on any atom is 0.0266 e. The Labute approximate surface area is 42.4 Å². The molecule has 0 nitrogen and oxygen atoms in total. The van der Waals surface area contributed by atoms with Gasteiger partial charge in [0.25, 0.3) is 0 Å². The van der Waals surface area contributed by atoms with Crippen LogP contribution in [0.1, 0.15) is 25.7 Å². The molecular formula is C5H9Si. The van der Waals surface area contributed by atoms with Crippen LogP contribution in [-0.4, -0.2) is 10.2 Å². The van der Waals surface area contributed by atoms with Gasteiger partial charge in [0.05, 0.1) is 0 Å². The molecule has 0 aromatic heterocycles. The van der Waals surface area contributed by atoms with Crippen molar-refractivity contribution < 1.29 is 0 Å². The largest absolute Gasteiger partial charge is 0.0535 e. The predicted molar refractivity (Wildman–Crippen MR) is 28.0 cm³/mol. The Kier molecular flexibility index (Phi) is 1.30. The monoisotopic (exact) mass is 97.0 g/mol. The van der Waals surface area contributed by atoms with E-state index in [-0.39, 0.29) is 0 Å². The van der Waals surface area contributed by atoms with Gasteiger partial charge in [0, 0.05) is 10.2 Å². The molecule has 1 rings (SSSR count). The summed E-state index contributed by atoms with van der Waals surface area (Å²) >= 11 is 0. The molecule has 0 N–H and O–H groups in total. The fourth-order valence-electron chi connectivity index (χ4n) is 0.926. The molecule has 0 heterocycles. The molecule has 0 saturated heterocycles. The van der Waals surface area contributed by atoms with Crippen molar-refractivity contribution in [1.29, 1.82) is 0 Å². The smallest absolute Gasteiger partial charge is 0.0266 e. The molecule has 6 heavy (non-hydrogen) atoms. The summed E-state index contributed by atoms with van der Waals surface area (Å²) < 4.78 is 0. The van der Waals surface area contributed by atoms with Crippen molar-refractivity contribution >= 4 is 10.2 Å². The Morgan fingerprint density at radius 3 is 1.83 bits per heavy atom. The molecule has 0 aromatic carbocycles. The first-order chi connectivity index (χ1) is 2.89. The van der Waals surface area contributed by atoms with E-state index < -0.39 is 0 Å². The standard InChI is InChI=1S/C5H9Si/c6-5-3-1-2-4-5/h5H,1-4H2. The van der Waals surface area contributed by atoms with Crippen molar-refractivity contribution in [2.45, 2.75) is 31.2 Å². The number of hydrogen-bond acceptors (Lipinski definition) is 0. The van der Waals surface area contributed by atoms with E-state index in [1.54, 1.807) is 0 Å². The summed E-state index contributed by atoms with van der Waals surface area (Å²) in [7, 11) is 3.58. The lowest BCUT2D eigenvalue weighted by atomic mass is 10.4. The second kappa shape index (κ2) is 1.78. The van der Waals surface area contributed by atoms with Crippen LogP contribution >= 0.6 is 0 Å². The zero-order valence-electron chi connectivity index (χ0n) is 3.91. The van der Waals surface area contributed by atoms with Crippen molar-refractivity contribution in [2.75, 3.05) is 0 Å². The van der Waals surface area contributed by atoms with Crippen molar-refractivity contribution in [3.8, 4) is 0 Å². The van der Waals surface area contributed by atoms with Crippen molar-refractivity contribution in [3.63, 3.8) is 0 Å². The summed E-state index contributed by atoms with van der Waals surface area (Å²) in [6, 6.07) is 0. The van der Waals surface area contributed by atoms with Crippen LogP contribution in [0.3, 0.4) is 0 Å².